The van der Waals surface area contributed by atoms with E-state index in [-0.39, 0.29) is 24.0 Å². The Morgan fingerprint density at radius 2 is 2.15 bits per heavy atom. The molecule has 0 aliphatic carbocycles. The molecule has 0 bridgehead atoms. The minimum absolute atomic E-state index is 0. The third kappa shape index (κ3) is 2.45. The van der Waals surface area contributed by atoms with Gasteiger partial charge in [0.15, 0.2) is 0 Å². The van der Waals surface area contributed by atoms with E-state index in [1.165, 1.54) is 4.68 Å². The predicted molar refractivity (Wildman–Crippen MR) is 51.5 cm³/mol. The minimum Gasteiger partial charge on any atom is -0.477 e. The fourth-order valence-corrected chi connectivity index (χ4v) is 0.972. The lowest BCUT2D eigenvalue weighted by atomic mass is 10.1. The standard InChI is InChI=1S/C8H12N2O2.ClH/c1-5(2)6-4-7(8(11)12)10(3)9-6;/h4-5H,1-3H3,(H,11,12);1H. The molecule has 0 amide bonds. The van der Waals surface area contributed by atoms with Crippen LogP contribution >= 0.6 is 12.4 Å². The van der Waals surface area contributed by atoms with Crippen LogP contribution in [0.15, 0.2) is 6.07 Å². The second-order valence-corrected chi connectivity index (χ2v) is 3.04. The molecule has 1 aromatic heterocycles. The van der Waals surface area contributed by atoms with Crippen LogP contribution in [0, 0.1) is 0 Å². The first-order valence-corrected chi connectivity index (χ1v) is 3.79. The highest BCUT2D eigenvalue weighted by atomic mass is 35.5. The lowest BCUT2D eigenvalue weighted by molar-refractivity contribution is 0.0685. The molecule has 74 valence electrons. The van der Waals surface area contributed by atoms with Gasteiger partial charge in [0.25, 0.3) is 0 Å². The smallest absolute Gasteiger partial charge is 0.354 e. The summed E-state index contributed by atoms with van der Waals surface area (Å²) >= 11 is 0. The highest BCUT2D eigenvalue weighted by Gasteiger charge is 2.12. The number of nitrogens with zero attached hydrogens (tertiary/aromatic N) is 2. The topological polar surface area (TPSA) is 55.1 Å². The minimum atomic E-state index is -0.933. The molecule has 0 unspecified atom stereocenters. The summed E-state index contributed by atoms with van der Waals surface area (Å²) in [4.78, 5) is 10.6. The number of aromatic nitrogens is 2. The number of aromatic carboxylic acids is 1. The van der Waals surface area contributed by atoms with Crippen molar-refractivity contribution in [3.8, 4) is 0 Å². The molecule has 13 heavy (non-hydrogen) atoms. The normalized spacial score (nSPS) is 9.85. The zero-order valence-corrected chi connectivity index (χ0v) is 8.63. The van der Waals surface area contributed by atoms with Crippen molar-refractivity contribution in [2.24, 2.45) is 7.05 Å². The monoisotopic (exact) mass is 204 g/mol. The molecular formula is C8H13ClN2O2. The van der Waals surface area contributed by atoms with Crippen molar-refractivity contribution in [3.05, 3.63) is 17.5 Å². The largest absolute Gasteiger partial charge is 0.477 e. The molecule has 0 radical (unpaired) electrons. The Morgan fingerprint density at radius 1 is 1.62 bits per heavy atom. The molecule has 1 aromatic rings. The van der Waals surface area contributed by atoms with Gasteiger partial charge in [0.1, 0.15) is 5.69 Å². The molecule has 0 saturated carbocycles. The molecule has 5 heteroatoms. The molecule has 0 aromatic carbocycles. The van der Waals surface area contributed by atoms with Crippen LogP contribution in [0.5, 0.6) is 0 Å². The highest BCUT2D eigenvalue weighted by Crippen LogP contribution is 2.13. The third-order valence-corrected chi connectivity index (χ3v) is 1.71. The molecule has 1 heterocycles. The molecule has 0 fully saturated rings. The molecule has 1 N–H and O–H groups in total. The Kier molecular flexibility index (Phi) is 3.94. The Bertz CT molecular complexity index is 307. The van der Waals surface area contributed by atoms with Gasteiger partial charge in [-0.05, 0) is 12.0 Å². The van der Waals surface area contributed by atoms with Crippen LogP contribution in [-0.4, -0.2) is 20.9 Å². The van der Waals surface area contributed by atoms with Crippen molar-refractivity contribution in [1.29, 1.82) is 0 Å². The SMILES string of the molecule is CC(C)c1cc(C(=O)O)n(C)n1.Cl. The first-order valence-electron chi connectivity index (χ1n) is 3.79. The molecule has 0 spiro atoms. The van der Waals surface area contributed by atoms with Crippen LogP contribution in [0.3, 0.4) is 0 Å². The van der Waals surface area contributed by atoms with Gasteiger partial charge in [-0.2, -0.15) is 5.10 Å². The van der Waals surface area contributed by atoms with Crippen molar-refractivity contribution >= 4 is 18.4 Å². The summed E-state index contributed by atoms with van der Waals surface area (Å²) in [5.74, 6) is -0.666. The van der Waals surface area contributed by atoms with Crippen molar-refractivity contribution in [3.63, 3.8) is 0 Å². The van der Waals surface area contributed by atoms with Gasteiger partial charge in [-0.15, -0.1) is 12.4 Å². The van der Waals surface area contributed by atoms with Gasteiger partial charge in [0.05, 0.1) is 5.69 Å². The molecular weight excluding hydrogens is 192 g/mol. The van der Waals surface area contributed by atoms with E-state index in [4.69, 9.17) is 5.11 Å². The maximum absolute atomic E-state index is 10.6. The fourth-order valence-electron chi connectivity index (χ4n) is 0.972. The van der Waals surface area contributed by atoms with E-state index in [2.05, 4.69) is 5.10 Å². The van der Waals surface area contributed by atoms with Crippen LogP contribution in [0.1, 0.15) is 35.9 Å². The number of carboxylic acids is 1. The number of hydrogen-bond acceptors (Lipinski definition) is 2. The molecule has 0 aliphatic heterocycles. The summed E-state index contributed by atoms with van der Waals surface area (Å²) < 4.78 is 1.39. The van der Waals surface area contributed by atoms with E-state index in [9.17, 15) is 4.79 Å². The summed E-state index contributed by atoms with van der Waals surface area (Å²) in [5.41, 5.74) is 1.05. The van der Waals surface area contributed by atoms with Crippen LogP contribution < -0.4 is 0 Å². The summed E-state index contributed by atoms with van der Waals surface area (Å²) in [5, 5.41) is 12.8. The maximum Gasteiger partial charge on any atom is 0.354 e. The average molecular weight is 205 g/mol. The van der Waals surface area contributed by atoms with Crippen molar-refractivity contribution in [1.82, 2.24) is 9.78 Å². The maximum atomic E-state index is 10.6. The summed E-state index contributed by atoms with van der Waals surface area (Å²) in [6, 6.07) is 1.60. The quantitative estimate of drug-likeness (QED) is 0.797. The number of halogens is 1. The van der Waals surface area contributed by atoms with E-state index in [1.54, 1.807) is 13.1 Å². The van der Waals surface area contributed by atoms with E-state index in [1.807, 2.05) is 13.8 Å². The first kappa shape index (κ1) is 12.0. The molecule has 0 aliphatic rings. The van der Waals surface area contributed by atoms with Crippen LogP contribution in [0.2, 0.25) is 0 Å². The van der Waals surface area contributed by atoms with Gasteiger partial charge in [0, 0.05) is 7.05 Å². The van der Waals surface area contributed by atoms with Crippen molar-refractivity contribution in [2.45, 2.75) is 19.8 Å². The van der Waals surface area contributed by atoms with Gasteiger partial charge >= 0.3 is 5.97 Å². The summed E-state index contributed by atoms with van der Waals surface area (Å²) in [6.07, 6.45) is 0. The van der Waals surface area contributed by atoms with E-state index in [0.717, 1.165) is 5.69 Å². The zero-order valence-electron chi connectivity index (χ0n) is 7.81. The Balaban J connectivity index is 0.00000144. The number of carboxylic acid groups (broad SMARTS) is 1. The van der Waals surface area contributed by atoms with Gasteiger partial charge in [-0.3, -0.25) is 4.68 Å². The summed E-state index contributed by atoms with van der Waals surface area (Å²) in [7, 11) is 1.63. The molecule has 1 rings (SSSR count). The lowest BCUT2D eigenvalue weighted by Crippen LogP contribution is -2.04. The Morgan fingerprint density at radius 3 is 2.38 bits per heavy atom. The Hall–Kier alpha value is -1.03. The van der Waals surface area contributed by atoms with E-state index in [0.29, 0.717) is 0 Å². The molecule has 0 saturated heterocycles. The van der Waals surface area contributed by atoms with E-state index < -0.39 is 5.97 Å². The second-order valence-electron chi connectivity index (χ2n) is 3.04. The van der Waals surface area contributed by atoms with Crippen molar-refractivity contribution < 1.29 is 9.90 Å². The third-order valence-electron chi connectivity index (χ3n) is 1.71. The number of carbonyl (C=O) groups is 1. The first-order chi connectivity index (χ1) is 5.52. The van der Waals surface area contributed by atoms with Gasteiger partial charge < -0.3 is 5.11 Å². The fraction of sp³-hybridized carbons (Fsp3) is 0.500. The predicted octanol–water partition coefficient (Wildman–Crippen LogP) is 1.66. The van der Waals surface area contributed by atoms with Crippen LogP contribution in [0.25, 0.3) is 0 Å². The summed E-state index contributed by atoms with van der Waals surface area (Å²) in [6.45, 7) is 3.96. The van der Waals surface area contributed by atoms with E-state index >= 15 is 0 Å². The van der Waals surface area contributed by atoms with Crippen LogP contribution in [-0.2, 0) is 7.05 Å². The lowest BCUT2D eigenvalue weighted by Gasteiger charge is -1.95. The second kappa shape index (κ2) is 4.28. The number of hydrogen-bond donors (Lipinski definition) is 1. The highest BCUT2D eigenvalue weighted by molar-refractivity contribution is 5.85. The van der Waals surface area contributed by atoms with Crippen molar-refractivity contribution in [2.75, 3.05) is 0 Å². The van der Waals surface area contributed by atoms with Gasteiger partial charge in [-0.25, -0.2) is 4.79 Å². The molecule has 4 nitrogen and oxygen atoms in total. The van der Waals surface area contributed by atoms with Gasteiger partial charge in [-0.1, -0.05) is 13.8 Å². The number of aryl methyl sites for hydroxylation is 1. The molecule has 0 atom stereocenters. The van der Waals surface area contributed by atoms with Gasteiger partial charge in [0.2, 0.25) is 0 Å². The number of rotatable bonds is 2. The average Bonchev–Trinajstić information content (AvgIpc) is 2.30. The Labute approximate surface area is 83.0 Å². The van der Waals surface area contributed by atoms with Crippen LogP contribution in [0.4, 0.5) is 0 Å². The zero-order chi connectivity index (χ0) is 9.30.